The van der Waals surface area contributed by atoms with E-state index in [4.69, 9.17) is 4.74 Å². The number of amides is 2. The zero-order valence-electron chi connectivity index (χ0n) is 13.0. The van der Waals surface area contributed by atoms with Crippen molar-refractivity contribution in [1.82, 2.24) is 10.2 Å². The molecule has 0 radical (unpaired) electrons. The first-order valence-electron chi connectivity index (χ1n) is 8.38. The Bertz CT molecular complexity index is 547. The number of hydrogen-bond acceptors (Lipinski definition) is 2. The Labute approximate surface area is 131 Å². The maximum atomic E-state index is 12.5. The van der Waals surface area contributed by atoms with Gasteiger partial charge in [-0.25, -0.2) is 4.79 Å². The van der Waals surface area contributed by atoms with Gasteiger partial charge in [-0.3, -0.25) is 0 Å². The predicted molar refractivity (Wildman–Crippen MR) is 84.8 cm³/mol. The second kappa shape index (κ2) is 5.27. The number of rotatable bonds is 3. The highest BCUT2D eigenvalue weighted by Gasteiger charge is 2.46. The zero-order valence-corrected chi connectivity index (χ0v) is 13.0. The Kier molecular flexibility index (Phi) is 3.37. The fraction of sp³-hybridized carbons (Fsp3) is 0.611. The van der Waals surface area contributed by atoms with E-state index in [0.717, 1.165) is 45.7 Å². The van der Waals surface area contributed by atoms with Crippen LogP contribution in [0.25, 0.3) is 0 Å². The van der Waals surface area contributed by atoms with E-state index in [0.29, 0.717) is 0 Å². The summed E-state index contributed by atoms with van der Waals surface area (Å²) in [4.78, 5) is 14.4. The number of nitrogens with zero attached hydrogens (tertiary/aromatic N) is 1. The first-order valence-corrected chi connectivity index (χ1v) is 8.38. The second-order valence-corrected chi connectivity index (χ2v) is 7.28. The molecule has 1 atom stereocenters. The summed E-state index contributed by atoms with van der Waals surface area (Å²) in [6.45, 7) is 4.16. The van der Waals surface area contributed by atoms with E-state index in [1.807, 2.05) is 11.0 Å². The van der Waals surface area contributed by atoms with Crippen LogP contribution in [0.5, 0.6) is 0 Å². The third-order valence-electron chi connectivity index (χ3n) is 5.73. The molecule has 0 aromatic heterocycles. The quantitative estimate of drug-likeness (QED) is 0.932. The summed E-state index contributed by atoms with van der Waals surface area (Å²) >= 11 is 0. The van der Waals surface area contributed by atoms with Crippen molar-refractivity contribution in [2.24, 2.45) is 5.41 Å². The van der Waals surface area contributed by atoms with Crippen molar-refractivity contribution in [2.45, 2.75) is 31.1 Å². The molecule has 1 aliphatic carbocycles. The molecule has 3 aliphatic rings. The van der Waals surface area contributed by atoms with Crippen LogP contribution in [-0.2, 0) is 10.2 Å². The number of benzene rings is 1. The lowest BCUT2D eigenvalue weighted by atomic mass is 9.87. The maximum absolute atomic E-state index is 12.5. The van der Waals surface area contributed by atoms with Gasteiger partial charge in [0.1, 0.15) is 0 Å². The maximum Gasteiger partial charge on any atom is 0.317 e. The minimum atomic E-state index is 0.103. The Morgan fingerprint density at radius 3 is 2.68 bits per heavy atom. The van der Waals surface area contributed by atoms with Gasteiger partial charge >= 0.3 is 6.03 Å². The molecule has 1 aromatic carbocycles. The molecule has 22 heavy (non-hydrogen) atoms. The molecule has 2 amide bonds. The number of nitrogens with one attached hydrogen (secondary N) is 1. The van der Waals surface area contributed by atoms with Crippen LogP contribution in [0.15, 0.2) is 30.3 Å². The largest absolute Gasteiger partial charge is 0.381 e. The number of likely N-dealkylation sites (tertiary alicyclic amines) is 1. The van der Waals surface area contributed by atoms with Gasteiger partial charge in [0, 0.05) is 37.1 Å². The summed E-state index contributed by atoms with van der Waals surface area (Å²) in [6.07, 6.45) is 4.54. The van der Waals surface area contributed by atoms with Crippen molar-refractivity contribution in [3.8, 4) is 0 Å². The summed E-state index contributed by atoms with van der Waals surface area (Å²) < 4.78 is 5.53. The molecule has 0 bridgehead atoms. The highest BCUT2D eigenvalue weighted by molar-refractivity contribution is 5.74. The molecule has 1 aromatic rings. The van der Waals surface area contributed by atoms with Gasteiger partial charge in [0.25, 0.3) is 0 Å². The van der Waals surface area contributed by atoms with E-state index in [2.05, 4.69) is 29.6 Å². The molecule has 4 heteroatoms. The van der Waals surface area contributed by atoms with Crippen molar-refractivity contribution in [2.75, 3.05) is 32.8 Å². The third-order valence-corrected chi connectivity index (χ3v) is 5.73. The number of carbonyl (C=O) groups is 1. The Balaban J connectivity index is 1.34. The van der Waals surface area contributed by atoms with Crippen LogP contribution in [0, 0.1) is 5.41 Å². The lowest BCUT2D eigenvalue weighted by molar-refractivity contribution is 0.152. The van der Waals surface area contributed by atoms with Gasteiger partial charge in [0.05, 0.1) is 6.61 Å². The fourth-order valence-electron chi connectivity index (χ4n) is 3.95. The molecule has 0 unspecified atom stereocenters. The molecule has 1 saturated carbocycles. The van der Waals surface area contributed by atoms with Crippen molar-refractivity contribution in [1.29, 1.82) is 0 Å². The molecule has 2 heterocycles. The number of hydrogen-bond donors (Lipinski definition) is 1. The van der Waals surface area contributed by atoms with Crippen molar-refractivity contribution < 1.29 is 9.53 Å². The van der Waals surface area contributed by atoms with Gasteiger partial charge in [-0.1, -0.05) is 30.3 Å². The van der Waals surface area contributed by atoms with Gasteiger partial charge in [-0.05, 0) is 31.2 Å². The summed E-state index contributed by atoms with van der Waals surface area (Å²) in [5, 5.41) is 3.18. The van der Waals surface area contributed by atoms with E-state index < -0.39 is 0 Å². The van der Waals surface area contributed by atoms with Crippen LogP contribution in [-0.4, -0.2) is 43.8 Å². The van der Waals surface area contributed by atoms with E-state index in [1.54, 1.807) is 0 Å². The minimum Gasteiger partial charge on any atom is -0.381 e. The van der Waals surface area contributed by atoms with E-state index in [-0.39, 0.29) is 16.9 Å². The van der Waals surface area contributed by atoms with Gasteiger partial charge in [0.2, 0.25) is 0 Å². The van der Waals surface area contributed by atoms with E-state index in [1.165, 1.54) is 18.4 Å². The summed E-state index contributed by atoms with van der Waals surface area (Å²) in [5.74, 6) is 0. The first kappa shape index (κ1) is 14.1. The molecule has 1 spiro atoms. The standard InChI is InChI=1S/C18H24N2O2/c21-16(20-10-8-17(13-20)9-11-22-14-17)19-12-18(6-7-18)15-4-2-1-3-5-15/h1-5H,6-14H2,(H,19,21)/t17-/m0/s1. The van der Waals surface area contributed by atoms with Gasteiger partial charge in [-0.15, -0.1) is 0 Å². The normalized spacial score (nSPS) is 29.0. The van der Waals surface area contributed by atoms with Crippen LogP contribution in [0.2, 0.25) is 0 Å². The first-order chi connectivity index (χ1) is 10.7. The fourth-order valence-corrected chi connectivity index (χ4v) is 3.95. The summed E-state index contributed by atoms with van der Waals surface area (Å²) in [5.41, 5.74) is 1.79. The van der Waals surface area contributed by atoms with Crippen molar-refractivity contribution in [3.05, 3.63) is 35.9 Å². The molecular formula is C18H24N2O2. The summed E-state index contributed by atoms with van der Waals surface area (Å²) in [7, 11) is 0. The van der Waals surface area contributed by atoms with Gasteiger partial charge in [-0.2, -0.15) is 0 Å². The molecule has 4 nitrogen and oxygen atoms in total. The van der Waals surface area contributed by atoms with Crippen LogP contribution >= 0.6 is 0 Å². The zero-order chi connectivity index (χ0) is 15.0. The second-order valence-electron chi connectivity index (χ2n) is 7.28. The molecule has 2 saturated heterocycles. The highest BCUT2D eigenvalue weighted by atomic mass is 16.5. The average Bonchev–Trinajstić information content (AvgIpc) is 3.02. The number of ether oxygens (including phenoxy) is 1. The van der Waals surface area contributed by atoms with Crippen LogP contribution < -0.4 is 5.32 Å². The summed E-state index contributed by atoms with van der Waals surface area (Å²) in [6, 6.07) is 10.7. The highest BCUT2D eigenvalue weighted by Crippen LogP contribution is 2.47. The van der Waals surface area contributed by atoms with Crippen molar-refractivity contribution in [3.63, 3.8) is 0 Å². The monoisotopic (exact) mass is 300 g/mol. The molecule has 118 valence electrons. The molecule has 4 rings (SSSR count). The SMILES string of the molecule is O=C(NCC1(c2ccccc2)CC1)N1CC[C@]2(CCOC2)C1. The van der Waals surface area contributed by atoms with Crippen molar-refractivity contribution >= 4 is 6.03 Å². The number of carbonyl (C=O) groups excluding carboxylic acids is 1. The molecule has 2 aliphatic heterocycles. The molecule has 1 N–H and O–H groups in total. The van der Waals surface area contributed by atoms with Crippen LogP contribution in [0.3, 0.4) is 0 Å². The lowest BCUT2D eigenvalue weighted by Gasteiger charge is -2.23. The Hall–Kier alpha value is -1.55. The lowest BCUT2D eigenvalue weighted by Crippen LogP contribution is -2.42. The topological polar surface area (TPSA) is 41.6 Å². The Morgan fingerprint density at radius 1 is 1.18 bits per heavy atom. The minimum absolute atomic E-state index is 0.103. The Morgan fingerprint density at radius 2 is 2.00 bits per heavy atom. The van der Waals surface area contributed by atoms with Gasteiger partial charge in [0.15, 0.2) is 0 Å². The smallest absolute Gasteiger partial charge is 0.317 e. The molecular weight excluding hydrogens is 276 g/mol. The van der Waals surface area contributed by atoms with E-state index in [9.17, 15) is 4.79 Å². The van der Waals surface area contributed by atoms with Crippen LogP contribution in [0.1, 0.15) is 31.2 Å². The third kappa shape index (κ3) is 2.50. The average molecular weight is 300 g/mol. The van der Waals surface area contributed by atoms with E-state index >= 15 is 0 Å². The number of urea groups is 1. The predicted octanol–water partition coefficient (Wildman–Crippen LogP) is 2.54. The van der Waals surface area contributed by atoms with Gasteiger partial charge < -0.3 is 15.0 Å². The molecule has 3 fully saturated rings. The van der Waals surface area contributed by atoms with Crippen LogP contribution in [0.4, 0.5) is 4.79 Å².